The molecule has 113 valence electrons. The van der Waals surface area contributed by atoms with Crippen molar-refractivity contribution in [1.29, 1.82) is 0 Å². The van der Waals surface area contributed by atoms with E-state index in [9.17, 15) is 0 Å². The molecule has 1 rings (SSSR count). The Morgan fingerprint density at radius 2 is 1.00 bits per heavy atom. The normalized spacial score (nSPS) is 28.6. The highest BCUT2D eigenvalue weighted by Gasteiger charge is 1.90. The lowest BCUT2D eigenvalue weighted by Gasteiger charge is -1.99. The van der Waals surface area contributed by atoms with Gasteiger partial charge >= 0.3 is 0 Å². The molecule has 0 nitrogen and oxygen atoms in total. The first-order valence-electron chi connectivity index (χ1n) is 8.38. The van der Waals surface area contributed by atoms with Gasteiger partial charge in [0.25, 0.3) is 0 Å². The van der Waals surface area contributed by atoms with Crippen molar-refractivity contribution in [2.45, 2.75) is 57.8 Å². The van der Waals surface area contributed by atoms with Crippen LogP contribution >= 0.6 is 0 Å². The van der Waals surface area contributed by atoms with Crippen molar-refractivity contribution in [2.75, 3.05) is 0 Å². The fourth-order valence-electron chi connectivity index (χ4n) is 2.20. The molecule has 1 aliphatic rings. The number of rotatable bonds is 0. The van der Waals surface area contributed by atoms with Crippen LogP contribution in [0.25, 0.3) is 0 Å². The van der Waals surface area contributed by atoms with Crippen LogP contribution in [0.5, 0.6) is 0 Å². The fraction of sp³-hybridized carbons (Fsp3) is 0.429. The minimum Gasteiger partial charge on any atom is -0.0845 e. The standard InChI is InChI=1S/C21H29/c1-2-4-6-8-10-12-14-16-18-20-21-19-17-15-13-11-9-7-5-3-1/h1-11H,12,14-21H2/b2-1+,5-3+,6-4-,9-7+,10-8+,13-11?. The van der Waals surface area contributed by atoms with E-state index in [1.54, 1.807) is 0 Å². The molecule has 0 aromatic heterocycles. The molecule has 0 saturated heterocycles. The van der Waals surface area contributed by atoms with E-state index in [1.165, 1.54) is 51.4 Å². The van der Waals surface area contributed by atoms with E-state index in [4.69, 9.17) is 0 Å². The van der Waals surface area contributed by atoms with Gasteiger partial charge in [0.1, 0.15) is 0 Å². The molecule has 0 atom stereocenters. The van der Waals surface area contributed by atoms with Gasteiger partial charge in [-0.15, -0.1) is 0 Å². The van der Waals surface area contributed by atoms with Gasteiger partial charge in [-0.25, -0.2) is 0 Å². The maximum absolute atomic E-state index is 3.33. The Morgan fingerprint density at radius 3 is 1.71 bits per heavy atom. The monoisotopic (exact) mass is 281 g/mol. The first-order chi connectivity index (χ1) is 10.5. The minimum absolute atomic E-state index is 1.09. The summed E-state index contributed by atoms with van der Waals surface area (Å²) < 4.78 is 0. The molecule has 0 aromatic rings. The summed E-state index contributed by atoms with van der Waals surface area (Å²) in [6.45, 7) is 0. The molecule has 0 unspecified atom stereocenters. The summed E-state index contributed by atoms with van der Waals surface area (Å²) in [6.07, 6.45) is 38.0. The third kappa shape index (κ3) is 13.2. The quantitative estimate of drug-likeness (QED) is 0.466. The van der Waals surface area contributed by atoms with Crippen LogP contribution in [0.2, 0.25) is 0 Å². The molecular formula is C21H29. The molecule has 0 fully saturated rings. The molecule has 1 radical (unpaired) electrons. The van der Waals surface area contributed by atoms with Gasteiger partial charge in [-0.3, -0.25) is 0 Å². The van der Waals surface area contributed by atoms with Crippen molar-refractivity contribution in [3.05, 3.63) is 72.9 Å². The Labute approximate surface area is 131 Å². The summed E-state index contributed by atoms with van der Waals surface area (Å²) in [5.74, 6) is 0. The Hall–Kier alpha value is -1.56. The van der Waals surface area contributed by atoms with Gasteiger partial charge in [0, 0.05) is 0 Å². The topological polar surface area (TPSA) is 0 Å². The summed E-state index contributed by atoms with van der Waals surface area (Å²) in [6, 6.07) is 0. The summed E-state index contributed by atoms with van der Waals surface area (Å²) in [4.78, 5) is 0. The van der Waals surface area contributed by atoms with E-state index in [-0.39, 0.29) is 0 Å². The van der Waals surface area contributed by atoms with E-state index in [2.05, 4.69) is 36.5 Å². The van der Waals surface area contributed by atoms with Gasteiger partial charge in [-0.05, 0) is 31.8 Å². The number of hydrogen-bond donors (Lipinski definition) is 0. The van der Waals surface area contributed by atoms with Crippen molar-refractivity contribution in [3.63, 3.8) is 0 Å². The predicted molar refractivity (Wildman–Crippen MR) is 95.1 cm³/mol. The van der Waals surface area contributed by atoms with E-state index in [0.717, 1.165) is 6.42 Å². The van der Waals surface area contributed by atoms with Gasteiger partial charge in [-0.2, -0.15) is 0 Å². The van der Waals surface area contributed by atoms with Gasteiger partial charge in [-0.1, -0.05) is 98.9 Å². The van der Waals surface area contributed by atoms with Gasteiger partial charge in [0.05, 0.1) is 0 Å². The lowest BCUT2D eigenvalue weighted by atomic mass is 10.1. The average molecular weight is 281 g/mol. The van der Waals surface area contributed by atoms with Crippen molar-refractivity contribution >= 4 is 0 Å². The lowest BCUT2D eigenvalue weighted by molar-refractivity contribution is 0.582. The molecule has 0 bridgehead atoms. The van der Waals surface area contributed by atoms with Crippen LogP contribution in [-0.4, -0.2) is 0 Å². The van der Waals surface area contributed by atoms with Gasteiger partial charge < -0.3 is 0 Å². The zero-order valence-corrected chi connectivity index (χ0v) is 13.2. The zero-order chi connectivity index (χ0) is 14.8. The van der Waals surface area contributed by atoms with Crippen LogP contribution in [0, 0.1) is 6.08 Å². The fourth-order valence-corrected chi connectivity index (χ4v) is 2.20. The molecule has 1 aliphatic carbocycles. The summed E-state index contributed by atoms with van der Waals surface area (Å²) in [7, 11) is 0. The third-order valence-electron chi connectivity index (χ3n) is 3.43. The highest BCUT2D eigenvalue weighted by atomic mass is 14.0. The molecule has 0 heterocycles. The Balaban J connectivity index is 2.36. The molecule has 0 aliphatic heterocycles. The first kappa shape index (κ1) is 17.5. The highest BCUT2D eigenvalue weighted by molar-refractivity contribution is 5.19. The molecular weight excluding hydrogens is 252 g/mol. The molecule has 0 spiro atoms. The second-order valence-corrected chi connectivity index (χ2v) is 5.35. The largest absolute Gasteiger partial charge is 0.0845 e. The zero-order valence-electron chi connectivity index (χ0n) is 13.2. The van der Waals surface area contributed by atoms with E-state index in [1.807, 2.05) is 36.5 Å². The Kier molecular flexibility index (Phi) is 12.4. The molecule has 0 aromatic carbocycles. The maximum atomic E-state index is 3.33. The molecule has 0 amide bonds. The molecule has 0 heteroatoms. The Bertz CT molecular complexity index is 350. The number of allylic oxidation sites excluding steroid dienone is 12. The van der Waals surface area contributed by atoms with Crippen molar-refractivity contribution in [2.24, 2.45) is 0 Å². The summed E-state index contributed by atoms with van der Waals surface area (Å²) in [5, 5.41) is 0. The van der Waals surface area contributed by atoms with E-state index < -0.39 is 0 Å². The van der Waals surface area contributed by atoms with E-state index in [0.29, 0.717) is 0 Å². The van der Waals surface area contributed by atoms with Crippen LogP contribution in [0.4, 0.5) is 0 Å². The Morgan fingerprint density at radius 1 is 0.476 bits per heavy atom. The third-order valence-corrected chi connectivity index (χ3v) is 3.43. The second-order valence-electron chi connectivity index (χ2n) is 5.35. The smallest absolute Gasteiger partial charge is 0.0276 e. The van der Waals surface area contributed by atoms with E-state index >= 15 is 0 Å². The minimum atomic E-state index is 1.09. The predicted octanol–water partition coefficient (Wildman–Crippen LogP) is 6.65. The molecule has 21 heavy (non-hydrogen) atoms. The van der Waals surface area contributed by atoms with Gasteiger partial charge in [0.2, 0.25) is 0 Å². The number of hydrogen-bond acceptors (Lipinski definition) is 0. The molecule has 0 N–H and O–H groups in total. The molecule has 0 saturated carbocycles. The van der Waals surface area contributed by atoms with Crippen molar-refractivity contribution < 1.29 is 0 Å². The van der Waals surface area contributed by atoms with Gasteiger partial charge in [0.15, 0.2) is 0 Å². The van der Waals surface area contributed by atoms with Crippen LogP contribution in [0.1, 0.15) is 57.8 Å². The van der Waals surface area contributed by atoms with Crippen molar-refractivity contribution in [1.82, 2.24) is 0 Å². The second kappa shape index (κ2) is 14.8. The lowest BCUT2D eigenvalue weighted by Crippen LogP contribution is -1.80. The summed E-state index contributed by atoms with van der Waals surface area (Å²) >= 11 is 0. The van der Waals surface area contributed by atoms with Crippen LogP contribution in [0.15, 0.2) is 66.8 Å². The van der Waals surface area contributed by atoms with Crippen molar-refractivity contribution in [3.8, 4) is 0 Å². The summed E-state index contributed by atoms with van der Waals surface area (Å²) in [5.41, 5.74) is 0. The first-order valence-corrected chi connectivity index (χ1v) is 8.38. The van der Waals surface area contributed by atoms with Crippen LogP contribution in [0.3, 0.4) is 0 Å². The van der Waals surface area contributed by atoms with Crippen LogP contribution in [-0.2, 0) is 0 Å². The maximum Gasteiger partial charge on any atom is -0.0276 e. The SMILES string of the molecule is [C]1=C/C=C/C=C/C=C/C=C\C=C\CCCCCCCCC/1. The van der Waals surface area contributed by atoms with Crippen LogP contribution < -0.4 is 0 Å². The highest BCUT2D eigenvalue weighted by Crippen LogP contribution is 2.10. The average Bonchev–Trinajstić information content (AvgIpc) is 2.50.